The third-order valence-corrected chi connectivity index (χ3v) is 6.60. The minimum Gasteiger partial charge on any atom is -0.493 e. The molecule has 0 saturated carbocycles. The number of nitrogens with one attached hydrogen (secondary N) is 2. The van der Waals surface area contributed by atoms with Gasteiger partial charge in [-0.15, -0.1) is 0 Å². The highest BCUT2D eigenvalue weighted by Gasteiger charge is 2.30. The van der Waals surface area contributed by atoms with Gasteiger partial charge in [0.05, 0.1) is 33.1 Å². The maximum Gasteiger partial charge on any atom is 0.330 e. The molecule has 2 atom stereocenters. The molecule has 0 heterocycles. The largest absolute Gasteiger partial charge is 0.493 e. The first-order valence-corrected chi connectivity index (χ1v) is 12.1. The number of hydrogen-bond acceptors (Lipinski definition) is 7. The number of methoxy groups -OCH3 is 3. The molecule has 38 heavy (non-hydrogen) atoms. The molecule has 9 nitrogen and oxygen atoms in total. The molecule has 0 radical (unpaired) electrons. The second kappa shape index (κ2) is 11.2. The molecule has 3 N–H and O–H groups in total. The zero-order valence-electron chi connectivity index (χ0n) is 21.7. The summed E-state index contributed by atoms with van der Waals surface area (Å²) in [6, 6.07) is 13.7. The van der Waals surface area contributed by atoms with Crippen LogP contribution in [0.3, 0.4) is 0 Å². The van der Waals surface area contributed by atoms with E-state index in [2.05, 4.69) is 10.6 Å². The highest BCUT2D eigenvalue weighted by atomic mass is 16.5. The number of aryl methyl sites for hydroxylation is 1. The molecule has 0 fully saturated rings. The van der Waals surface area contributed by atoms with Crippen molar-refractivity contribution in [3.05, 3.63) is 81.5 Å². The molecule has 3 aromatic carbocycles. The van der Waals surface area contributed by atoms with Crippen LogP contribution in [0, 0.1) is 0 Å². The number of carboxylic acid groups (broad SMARTS) is 1. The average Bonchev–Trinajstić information content (AvgIpc) is 3.14. The number of anilines is 1. The highest BCUT2D eigenvalue weighted by Crippen LogP contribution is 2.50. The molecule has 0 bridgehead atoms. The fourth-order valence-electron chi connectivity index (χ4n) is 4.92. The van der Waals surface area contributed by atoms with Crippen LogP contribution in [0.25, 0.3) is 11.1 Å². The third-order valence-electron chi connectivity index (χ3n) is 6.60. The summed E-state index contributed by atoms with van der Waals surface area (Å²) < 4.78 is 16.9. The molecule has 4 rings (SSSR count). The van der Waals surface area contributed by atoms with Gasteiger partial charge in [-0.25, -0.2) is 4.79 Å². The maximum absolute atomic E-state index is 13.5. The van der Waals surface area contributed by atoms with Gasteiger partial charge >= 0.3 is 5.97 Å². The van der Waals surface area contributed by atoms with Gasteiger partial charge in [0, 0.05) is 12.5 Å². The van der Waals surface area contributed by atoms with Crippen molar-refractivity contribution in [1.29, 1.82) is 0 Å². The summed E-state index contributed by atoms with van der Waals surface area (Å²) in [7, 11) is 4.59. The number of aliphatic carboxylic acids is 1. The molecule has 0 spiro atoms. The minimum absolute atomic E-state index is 0.108. The van der Waals surface area contributed by atoms with E-state index in [9.17, 15) is 19.5 Å². The lowest BCUT2D eigenvalue weighted by atomic mass is 9.95. The lowest BCUT2D eigenvalue weighted by Gasteiger charge is -2.19. The van der Waals surface area contributed by atoms with Gasteiger partial charge in [0.1, 0.15) is 0 Å². The van der Waals surface area contributed by atoms with E-state index < -0.39 is 23.5 Å². The van der Waals surface area contributed by atoms with Crippen molar-refractivity contribution in [2.75, 3.05) is 26.6 Å². The third kappa shape index (κ3) is 5.13. The molecule has 9 heteroatoms. The van der Waals surface area contributed by atoms with Gasteiger partial charge in [0.25, 0.3) is 0 Å². The molecule has 0 aliphatic heterocycles. The molecule has 1 aliphatic rings. The van der Waals surface area contributed by atoms with Gasteiger partial charge in [-0.1, -0.05) is 36.4 Å². The van der Waals surface area contributed by atoms with Gasteiger partial charge in [-0.3, -0.25) is 9.59 Å². The number of carboxylic acids is 1. The van der Waals surface area contributed by atoms with Gasteiger partial charge < -0.3 is 30.0 Å². The number of carbonyl (C=O) groups is 2. The predicted molar refractivity (Wildman–Crippen MR) is 143 cm³/mol. The van der Waals surface area contributed by atoms with Crippen LogP contribution < -0.4 is 30.3 Å². The normalized spacial score (nSPS) is 14.7. The number of rotatable bonds is 8. The van der Waals surface area contributed by atoms with Crippen LogP contribution in [0.5, 0.6) is 17.2 Å². The van der Waals surface area contributed by atoms with Gasteiger partial charge in [0.15, 0.2) is 17.5 Å². The van der Waals surface area contributed by atoms with Gasteiger partial charge in [0.2, 0.25) is 17.1 Å². The maximum atomic E-state index is 13.5. The number of fused-ring (bicyclic) bond motifs is 3. The molecule has 2 unspecified atom stereocenters. The quantitative estimate of drug-likeness (QED) is 0.407. The predicted octanol–water partition coefficient (Wildman–Crippen LogP) is 4.10. The Kier molecular flexibility index (Phi) is 7.85. The Morgan fingerprint density at radius 3 is 2.29 bits per heavy atom. The molecule has 198 valence electrons. The van der Waals surface area contributed by atoms with Crippen molar-refractivity contribution in [2.45, 2.75) is 31.8 Å². The van der Waals surface area contributed by atoms with Crippen molar-refractivity contribution in [3.63, 3.8) is 0 Å². The monoisotopic (exact) mass is 518 g/mol. The van der Waals surface area contributed by atoms with Crippen LogP contribution in [-0.2, 0) is 16.0 Å². The van der Waals surface area contributed by atoms with Gasteiger partial charge in [-0.2, -0.15) is 0 Å². The second-order valence-electron chi connectivity index (χ2n) is 8.92. The van der Waals surface area contributed by atoms with Crippen LogP contribution in [0.1, 0.15) is 42.1 Å². The molecule has 1 aliphatic carbocycles. The molecular formula is C29H30N2O7. The minimum atomic E-state index is -1.14. The molecular weight excluding hydrogens is 488 g/mol. The van der Waals surface area contributed by atoms with E-state index in [1.54, 1.807) is 49.6 Å². The Bertz CT molecular complexity index is 1420. The summed E-state index contributed by atoms with van der Waals surface area (Å²) in [5, 5.41) is 15.7. The SMILES string of the molecule is COc1cc2c(c(OC)c1OC)-c1ccc(NC(C(=O)O)c3ccccc3)c(=O)cc1C(NC(C)=O)CC2. The first kappa shape index (κ1) is 26.5. The molecule has 0 aromatic heterocycles. The van der Waals surface area contributed by atoms with Crippen molar-refractivity contribution in [3.8, 4) is 28.4 Å². The van der Waals surface area contributed by atoms with Crippen molar-refractivity contribution in [2.24, 2.45) is 0 Å². The smallest absolute Gasteiger partial charge is 0.330 e. The lowest BCUT2D eigenvalue weighted by Crippen LogP contribution is -2.27. The van der Waals surface area contributed by atoms with Crippen molar-refractivity contribution in [1.82, 2.24) is 5.32 Å². The van der Waals surface area contributed by atoms with Crippen LogP contribution in [-0.4, -0.2) is 38.3 Å². The number of hydrogen-bond donors (Lipinski definition) is 3. The highest BCUT2D eigenvalue weighted by molar-refractivity contribution is 5.84. The van der Waals surface area contributed by atoms with E-state index in [-0.39, 0.29) is 11.6 Å². The van der Waals surface area contributed by atoms with E-state index in [0.29, 0.717) is 52.3 Å². The number of carbonyl (C=O) groups excluding carboxylic acids is 1. The Hall–Kier alpha value is -4.53. The molecule has 0 saturated heterocycles. The van der Waals surface area contributed by atoms with Crippen LogP contribution in [0.2, 0.25) is 0 Å². The van der Waals surface area contributed by atoms with Crippen LogP contribution >= 0.6 is 0 Å². The van der Waals surface area contributed by atoms with Crippen LogP contribution in [0.15, 0.2) is 59.4 Å². The van der Waals surface area contributed by atoms with Crippen molar-refractivity contribution < 1.29 is 28.9 Å². The van der Waals surface area contributed by atoms with Gasteiger partial charge in [-0.05, 0) is 53.3 Å². The Morgan fingerprint density at radius 2 is 1.68 bits per heavy atom. The zero-order chi connectivity index (χ0) is 27.4. The zero-order valence-corrected chi connectivity index (χ0v) is 21.7. The summed E-state index contributed by atoms with van der Waals surface area (Å²) in [5.41, 5.74) is 3.07. The first-order chi connectivity index (χ1) is 18.3. The molecule has 1 amide bonds. The fraction of sp³-hybridized carbons (Fsp3) is 0.276. The number of ether oxygens (including phenoxy) is 3. The van der Waals surface area contributed by atoms with E-state index in [0.717, 1.165) is 5.56 Å². The summed E-state index contributed by atoms with van der Waals surface area (Å²) in [4.78, 5) is 37.7. The van der Waals surface area contributed by atoms with Crippen LogP contribution in [0.4, 0.5) is 5.69 Å². The fourth-order valence-corrected chi connectivity index (χ4v) is 4.92. The lowest BCUT2D eigenvalue weighted by molar-refractivity contribution is -0.138. The molecule has 3 aromatic rings. The first-order valence-electron chi connectivity index (χ1n) is 12.1. The average molecular weight is 519 g/mol. The van der Waals surface area contributed by atoms with E-state index in [1.165, 1.54) is 27.2 Å². The summed E-state index contributed by atoms with van der Waals surface area (Å²) in [5.74, 6) is -0.0146. The topological polar surface area (TPSA) is 123 Å². The number of amides is 1. The summed E-state index contributed by atoms with van der Waals surface area (Å²) >= 11 is 0. The standard InChI is InChI=1S/C29H30N2O7/c1-16(32)30-21-12-10-18-14-24(36-2)27(37-3)28(38-4)25(18)19-11-13-22(23(33)15-20(19)21)31-26(29(34)35)17-8-6-5-7-9-17/h5-9,11,13-15,21,26H,10,12H2,1-4H3,(H,30,32)(H,31,33)(H,34,35). The Balaban J connectivity index is 1.96. The number of benzene rings is 2. The van der Waals surface area contributed by atoms with Crippen molar-refractivity contribution >= 4 is 17.6 Å². The second-order valence-corrected chi connectivity index (χ2v) is 8.92. The Labute approximate surface area is 220 Å². The van der Waals surface area contributed by atoms with E-state index in [4.69, 9.17) is 14.2 Å². The van der Waals surface area contributed by atoms with E-state index in [1.807, 2.05) is 6.07 Å². The van der Waals surface area contributed by atoms with E-state index >= 15 is 0 Å². The Morgan fingerprint density at radius 1 is 0.974 bits per heavy atom. The summed E-state index contributed by atoms with van der Waals surface area (Å²) in [6.07, 6.45) is 1.09. The summed E-state index contributed by atoms with van der Waals surface area (Å²) in [6.45, 7) is 1.43.